The van der Waals surface area contributed by atoms with Gasteiger partial charge in [0.25, 0.3) is 0 Å². The average molecular weight is 1130 g/mol. The summed E-state index contributed by atoms with van der Waals surface area (Å²) < 4.78 is 13.7. The molecule has 7 rings (SSSR count). The lowest BCUT2D eigenvalue weighted by Gasteiger charge is -2.50. The normalized spacial score (nSPS) is 27.7. The first-order valence-corrected chi connectivity index (χ1v) is 31.6. The number of nitrogens with zero attached hydrogens (tertiary/aromatic N) is 1. The number of aromatic amines is 1. The third-order valence-corrected chi connectivity index (χ3v) is 19.8. The third-order valence-electron chi connectivity index (χ3n) is 19.8. The fourth-order valence-electron chi connectivity index (χ4n) is 15.2. The lowest BCUT2D eigenvalue weighted by molar-refractivity contribution is -0.164. The predicted octanol–water partition coefficient (Wildman–Crippen LogP) is 15.6. The maximum absolute atomic E-state index is 15.4. The van der Waals surface area contributed by atoms with Crippen LogP contribution in [0.5, 0.6) is 0 Å². The van der Waals surface area contributed by atoms with Crippen LogP contribution in [-0.4, -0.2) is 69.1 Å². The van der Waals surface area contributed by atoms with E-state index in [-0.39, 0.29) is 146 Å². The van der Waals surface area contributed by atoms with Crippen molar-refractivity contribution in [2.45, 2.75) is 252 Å². The van der Waals surface area contributed by atoms with Crippen LogP contribution in [0.3, 0.4) is 0 Å². The molecule has 1 aromatic heterocycles. The molecule has 2 amide bonds. The van der Waals surface area contributed by atoms with Gasteiger partial charge in [-0.3, -0.25) is 24.0 Å². The highest BCUT2D eigenvalue weighted by atomic mass is 16.5. The highest BCUT2D eigenvalue weighted by Gasteiger charge is 2.52. The fourth-order valence-corrected chi connectivity index (χ4v) is 15.2. The molecule has 0 radical (unpaired) electrons. The number of ketones is 3. The fraction of sp³-hybridized carbons (Fsp3) is 0.739. The summed E-state index contributed by atoms with van der Waals surface area (Å²) in [5.41, 5.74) is 0.604. The number of hydrogen-bond donors (Lipinski definition) is 3. The number of hydrogen-bond acceptors (Lipinski definition) is 10. The van der Waals surface area contributed by atoms with Crippen LogP contribution in [0, 0.1) is 74.9 Å². The summed E-state index contributed by atoms with van der Waals surface area (Å²) in [5.74, 6) is -3.32. The molecular formula is C69H103N3O10. The number of aliphatic hydroxyl groups is 1. The Balaban J connectivity index is 1.36. The van der Waals surface area contributed by atoms with Crippen LogP contribution in [0.2, 0.25) is 0 Å². The smallest absolute Gasteiger partial charge is 0.342 e. The molecule has 454 valence electrons. The number of carbonyl (C=O) groups is 7. The molecule has 1 heterocycles. The van der Waals surface area contributed by atoms with E-state index in [1.54, 1.807) is 0 Å². The number of Topliss-reactive ketones (excluding diaryl/α,β-unsaturated/α-hetero) is 3. The first kappa shape index (κ1) is 64.6. The summed E-state index contributed by atoms with van der Waals surface area (Å²) in [6.07, 6.45) is 9.40. The van der Waals surface area contributed by atoms with Gasteiger partial charge in [-0.15, -0.1) is 0 Å². The minimum absolute atomic E-state index is 0.00486. The zero-order valence-corrected chi connectivity index (χ0v) is 53.5. The van der Waals surface area contributed by atoms with Gasteiger partial charge >= 0.3 is 11.9 Å². The Morgan fingerprint density at radius 3 is 1.44 bits per heavy atom. The summed E-state index contributed by atoms with van der Waals surface area (Å²) in [7, 11) is 0. The lowest BCUT2D eigenvalue weighted by Crippen LogP contribution is -2.49. The molecule has 4 unspecified atom stereocenters. The number of allylic oxidation sites excluding steroid dienone is 4. The molecular weight excluding hydrogens is 1030 g/mol. The van der Waals surface area contributed by atoms with E-state index in [4.69, 9.17) is 9.47 Å². The summed E-state index contributed by atoms with van der Waals surface area (Å²) in [6, 6.07) is 0. The molecule has 6 aliphatic carbocycles. The van der Waals surface area contributed by atoms with Crippen LogP contribution in [-0.2, 0) is 38.2 Å². The number of nitrogens with one attached hydrogen (secondary N) is 2. The molecule has 0 aliphatic heterocycles. The monoisotopic (exact) mass is 1130 g/mol. The standard InChI is InChI=1S/C69H103N3O10/c1-36(2)52-42(35-47(70-50(75)29-27-48(73)40-23-19-20-24-40)55(52)64(79)81-61-43(66(7,8)9)31-38(5)32-44(61)67(10,11)12)54-59(77)57(60(54)78)58-53(37(3)4)56(63(72-58)71-51(76)30-28-49(74)41-25-21-22-26-41)65(80)82-62-45(68(13,14)15)33-39(6)34-46(62)69(16,17)18/h36-41,43-46,61-62,72,77H,19-35H2,1-18H3,(H,71,76). The number of carbonyl (C=O) groups excluding carboxylic acids is 7. The van der Waals surface area contributed by atoms with E-state index in [1.807, 2.05) is 27.7 Å². The summed E-state index contributed by atoms with van der Waals surface area (Å²) in [6.45, 7) is 38.2. The second kappa shape index (κ2) is 24.9. The van der Waals surface area contributed by atoms with Crippen LogP contribution in [0.25, 0.3) is 5.57 Å². The van der Waals surface area contributed by atoms with Gasteiger partial charge in [0.1, 0.15) is 40.9 Å². The van der Waals surface area contributed by atoms with Gasteiger partial charge in [0.05, 0.1) is 28.1 Å². The molecule has 13 heteroatoms. The van der Waals surface area contributed by atoms with Crippen molar-refractivity contribution in [3.63, 3.8) is 0 Å². The SMILES string of the molecule is CC1CC(C(C)(C)C)C(OC(=O)C2=C(C(C)C)C(=C3C(=O)C(c4[nH]c(NC(=O)CCC(=O)C5CCCC5)c(C(=O)OC5C(C(C)(C)C)CC(C)CC5C(C)(C)C)c4C(C)C)=C3O)CC2=NC(=O)CCC(=O)C2CCCC2)C(C(C)(C)C)C1. The largest absolute Gasteiger partial charge is 0.506 e. The van der Waals surface area contributed by atoms with Gasteiger partial charge in [0.2, 0.25) is 17.6 Å². The average Bonchev–Trinajstić information content (AvgIpc) is 4.20. The molecule has 0 aromatic carbocycles. The van der Waals surface area contributed by atoms with Crippen LogP contribution in [0.4, 0.5) is 5.82 Å². The molecule has 1 aromatic rings. The number of aliphatic hydroxyl groups excluding tert-OH is 1. The number of esters is 2. The van der Waals surface area contributed by atoms with E-state index in [0.29, 0.717) is 28.5 Å². The van der Waals surface area contributed by atoms with Crippen molar-refractivity contribution in [1.29, 1.82) is 0 Å². The summed E-state index contributed by atoms with van der Waals surface area (Å²) in [4.78, 5) is 108. The van der Waals surface area contributed by atoms with Crippen molar-refractivity contribution in [3.8, 4) is 0 Å². The van der Waals surface area contributed by atoms with E-state index in [2.05, 4.69) is 112 Å². The van der Waals surface area contributed by atoms with Crippen molar-refractivity contribution >= 4 is 58.2 Å². The van der Waals surface area contributed by atoms with Crippen LogP contribution in [0.15, 0.2) is 33.0 Å². The van der Waals surface area contributed by atoms with Crippen molar-refractivity contribution in [3.05, 3.63) is 44.9 Å². The molecule has 4 atom stereocenters. The van der Waals surface area contributed by atoms with Gasteiger partial charge in [0, 0.05) is 67.6 Å². The Morgan fingerprint density at radius 1 is 0.610 bits per heavy atom. The number of ether oxygens (including phenoxy) is 2. The van der Waals surface area contributed by atoms with Crippen LogP contribution < -0.4 is 5.32 Å². The molecule has 4 saturated carbocycles. The Hall–Kier alpha value is -4.94. The van der Waals surface area contributed by atoms with Crippen molar-refractivity contribution in [2.24, 2.45) is 79.9 Å². The predicted molar refractivity (Wildman–Crippen MR) is 324 cm³/mol. The summed E-state index contributed by atoms with van der Waals surface area (Å²) in [5, 5.41) is 15.5. The third kappa shape index (κ3) is 14.1. The molecule has 4 fully saturated rings. The van der Waals surface area contributed by atoms with E-state index in [0.717, 1.165) is 77.0 Å². The Bertz CT molecular complexity index is 2730. The Morgan fingerprint density at radius 2 is 1.04 bits per heavy atom. The first-order chi connectivity index (χ1) is 38.0. The van der Waals surface area contributed by atoms with Gasteiger partial charge in [-0.05, 0) is 113 Å². The number of aliphatic imine (C=N–C) groups is 1. The van der Waals surface area contributed by atoms with E-state index >= 15 is 14.4 Å². The van der Waals surface area contributed by atoms with Gasteiger partial charge in [-0.1, -0.05) is 150 Å². The van der Waals surface area contributed by atoms with Crippen LogP contribution in [0.1, 0.15) is 261 Å². The van der Waals surface area contributed by atoms with Gasteiger partial charge in [-0.25, -0.2) is 14.6 Å². The molecule has 6 aliphatic rings. The van der Waals surface area contributed by atoms with Gasteiger partial charge in [0.15, 0.2) is 0 Å². The molecule has 82 heavy (non-hydrogen) atoms. The zero-order chi connectivity index (χ0) is 60.9. The maximum atomic E-state index is 15.4. The molecule has 13 nitrogen and oxygen atoms in total. The van der Waals surface area contributed by atoms with Crippen molar-refractivity contribution in [2.75, 3.05) is 5.32 Å². The van der Waals surface area contributed by atoms with E-state index in [9.17, 15) is 24.3 Å². The summed E-state index contributed by atoms with van der Waals surface area (Å²) >= 11 is 0. The molecule has 0 spiro atoms. The van der Waals surface area contributed by atoms with Crippen LogP contribution >= 0.6 is 0 Å². The van der Waals surface area contributed by atoms with Crippen molar-refractivity contribution in [1.82, 2.24) is 4.98 Å². The maximum Gasteiger partial charge on any atom is 0.342 e. The minimum atomic E-state index is -0.661. The number of amides is 2. The second-order valence-corrected chi connectivity index (χ2v) is 31.0. The highest BCUT2D eigenvalue weighted by Crippen LogP contribution is 2.54. The highest BCUT2D eigenvalue weighted by molar-refractivity contribution is 6.40. The quantitative estimate of drug-likeness (QED) is 0.106. The second-order valence-electron chi connectivity index (χ2n) is 31.0. The Kier molecular flexibility index (Phi) is 19.7. The minimum Gasteiger partial charge on any atom is -0.506 e. The number of anilines is 1. The number of rotatable bonds is 16. The first-order valence-electron chi connectivity index (χ1n) is 31.6. The van der Waals surface area contributed by atoms with Gasteiger partial charge in [-0.2, -0.15) is 0 Å². The number of H-pyrrole nitrogens is 1. The van der Waals surface area contributed by atoms with Gasteiger partial charge < -0.3 is 24.9 Å². The van der Waals surface area contributed by atoms with E-state index < -0.39 is 53.6 Å². The lowest BCUT2D eigenvalue weighted by atomic mass is 9.59. The van der Waals surface area contributed by atoms with Crippen molar-refractivity contribution < 1.29 is 48.1 Å². The molecule has 0 bridgehead atoms. The zero-order valence-electron chi connectivity index (χ0n) is 53.5. The molecule has 0 saturated heterocycles. The Labute approximate surface area is 491 Å². The molecule has 3 N–H and O–H groups in total. The number of aromatic nitrogens is 1. The van der Waals surface area contributed by atoms with E-state index in [1.165, 1.54) is 0 Å². The topological polar surface area (TPSA) is 198 Å².